The van der Waals surface area contributed by atoms with Gasteiger partial charge in [-0.1, -0.05) is 13.8 Å². The topological polar surface area (TPSA) is 69.3 Å². The van der Waals surface area contributed by atoms with Crippen molar-refractivity contribution in [3.63, 3.8) is 0 Å². The highest BCUT2D eigenvalue weighted by Gasteiger charge is 2.17. The average molecular weight is 291 g/mol. The van der Waals surface area contributed by atoms with E-state index in [9.17, 15) is 4.79 Å². The van der Waals surface area contributed by atoms with E-state index in [4.69, 9.17) is 9.15 Å². The van der Waals surface area contributed by atoms with Gasteiger partial charge in [-0.25, -0.2) is 4.68 Å². The molecule has 0 unspecified atom stereocenters. The smallest absolute Gasteiger partial charge is 0.292 e. The molecule has 114 valence electrons. The number of carbonyl (C=O) groups excluding carboxylic acids is 1. The van der Waals surface area contributed by atoms with Gasteiger partial charge in [0.25, 0.3) is 11.9 Å². The van der Waals surface area contributed by atoms with Crippen LogP contribution in [0.5, 0.6) is 5.95 Å². The fourth-order valence-corrected chi connectivity index (χ4v) is 1.86. The number of ether oxygens (including phenoxy) is 1. The summed E-state index contributed by atoms with van der Waals surface area (Å²) in [4.78, 5) is 12.2. The van der Waals surface area contributed by atoms with Crippen molar-refractivity contribution in [2.24, 2.45) is 5.92 Å². The third-order valence-electron chi connectivity index (χ3n) is 3.35. The summed E-state index contributed by atoms with van der Waals surface area (Å²) in [6.45, 7) is 8.63. The van der Waals surface area contributed by atoms with Crippen LogP contribution in [-0.2, 0) is 0 Å². The Morgan fingerprint density at radius 2 is 2.14 bits per heavy atom. The summed E-state index contributed by atoms with van der Waals surface area (Å²) >= 11 is 0. The van der Waals surface area contributed by atoms with Crippen molar-refractivity contribution >= 4 is 11.7 Å². The third kappa shape index (κ3) is 3.45. The summed E-state index contributed by atoms with van der Waals surface area (Å²) in [5, 5.41) is 7.08. The minimum atomic E-state index is -0.321. The van der Waals surface area contributed by atoms with Gasteiger partial charge in [-0.15, -0.1) is 0 Å². The van der Waals surface area contributed by atoms with Crippen molar-refractivity contribution in [1.82, 2.24) is 9.78 Å². The predicted octanol–water partition coefficient (Wildman–Crippen LogP) is 3.34. The number of amides is 1. The van der Waals surface area contributed by atoms with E-state index in [0.29, 0.717) is 24.3 Å². The van der Waals surface area contributed by atoms with Crippen molar-refractivity contribution < 1.29 is 13.9 Å². The van der Waals surface area contributed by atoms with Crippen LogP contribution < -0.4 is 10.1 Å². The summed E-state index contributed by atoms with van der Waals surface area (Å²) < 4.78 is 12.3. The first kappa shape index (κ1) is 15.2. The number of furan rings is 1. The first-order chi connectivity index (χ1) is 10.0. The number of rotatable bonds is 6. The summed E-state index contributed by atoms with van der Waals surface area (Å²) in [6.07, 6.45) is 1.67. The van der Waals surface area contributed by atoms with Crippen LogP contribution in [0.15, 0.2) is 28.8 Å². The van der Waals surface area contributed by atoms with E-state index in [1.807, 2.05) is 6.92 Å². The zero-order valence-electron chi connectivity index (χ0n) is 12.8. The van der Waals surface area contributed by atoms with E-state index < -0.39 is 0 Å². The molecule has 1 atom stereocenters. The van der Waals surface area contributed by atoms with Crippen molar-refractivity contribution in [3.05, 3.63) is 30.2 Å². The first-order valence-corrected chi connectivity index (χ1v) is 7.10. The summed E-state index contributed by atoms with van der Waals surface area (Å²) in [7, 11) is 0. The van der Waals surface area contributed by atoms with Crippen LogP contribution in [-0.4, -0.2) is 22.3 Å². The number of hydrogen-bond acceptors (Lipinski definition) is 4. The molecule has 2 aromatic heterocycles. The van der Waals surface area contributed by atoms with E-state index >= 15 is 0 Å². The third-order valence-corrected chi connectivity index (χ3v) is 3.35. The molecule has 1 amide bonds. The van der Waals surface area contributed by atoms with E-state index in [1.54, 1.807) is 29.1 Å². The molecule has 2 heterocycles. The quantitative estimate of drug-likeness (QED) is 0.886. The molecule has 0 bridgehead atoms. The maximum Gasteiger partial charge on any atom is 0.292 e. The van der Waals surface area contributed by atoms with Gasteiger partial charge < -0.3 is 14.5 Å². The molecule has 21 heavy (non-hydrogen) atoms. The molecule has 6 nitrogen and oxygen atoms in total. The summed E-state index contributed by atoms with van der Waals surface area (Å²) in [6, 6.07) is 5.17. The van der Waals surface area contributed by atoms with Gasteiger partial charge in [-0.3, -0.25) is 4.79 Å². The van der Waals surface area contributed by atoms with Crippen LogP contribution in [0, 0.1) is 5.92 Å². The molecule has 0 aromatic carbocycles. The van der Waals surface area contributed by atoms with E-state index in [-0.39, 0.29) is 17.7 Å². The lowest BCUT2D eigenvalue weighted by molar-refractivity contribution is 0.0987. The van der Waals surface area contributed by atoms with Crippen LogP contribution in [0.1, 0.15) is 44.3 Å². The van der Waals surface area contributed by atoms with Crippen molar-refractivity contribution in [2.45, 2.75) is 33.7 Å². The molecule has 1 N–H and O–H groups in total. The second kappa shape index (κ2) is 6.47. The van der Waals surface area contributed by atoms with Gasteiger partial charge >= 0.3 is 0 Å². The number of nitrogens with one attached hydrogen (secondary N) is 1. The monoisotopic (exact) mass is 291 g/mol. The highest BCUT2D eigenvalue weighted by molar-refractivity contribution is 6.01. The van der Waals surface area contributed by atoms with Gasteiger partial charge in [0.2, 0.25) is 0 Å². The predicted molar refractivity (Wildman–Crippen MR) is 79.6 cm³/mol. The Kier molecular flexibility index (Phi) is 4.67. The minimum Gasteiger partial charge on any atom is -0.465 e. The van der Waals surface area contributed by atoms with E-state index in [2.05, 4.69) is 31.2 Å². The first-order valence-electron chi connectivity index (χ1n) is 7.10. The van der Waals surface area contributed by atoms with Crippen molar-refractivity contribution in [3.8, 4) is 5.95 Å². The zero-order valence-corrected chi connectivity index (χ0v) is 12.8. The number of aromatic nitrogens is 2. The Balaban J connectivity index is 2.11. The molecule has 0 fully saturated rings. The Hall–Kier alpha value is -2.24. The Morgan fingerprint density at radius 1 is 1.38 bits per heavy atom. The van der Waals surface area contributed by atoms with Crippen molar-refractivity contribution in [2.75, 3.05) is 11.9 Å². The zero-order chi connectivity index (χ0) is 15.4. The van der Waals surface area contributed by atoms with Crippen LogP contribution in [0.4, 0.5) is 5.82 Å². The molecule has 2 rings (SSSR count). The Bertz CT molecular complexity index is 601. The lowest BCUT2D eigenvalue weighted by atomic mass is 10.1. The largest absolute Gasteiger partial charge is 0.465 e. The van der Waals surface area contributed by atoms with Gasteiger partial charge in [0.1, 0.15) is 5.82 Å². The number of hydrogen-bond donors (Lipinski definition) is 1. The molecule has 0 saturated carbocycles. The summed E-state index contributed by atoms with van der Waals surface area (Å²) in [5.41, 5.74) is 0. The second-order valence-corrected chi connectivity index (χ2v) is 5.15. The fraction of sp³-hybridized carbons (Fsp3) is 0.467. The number of anilines is 1. The van der Waals surface area contributed by atoms with Gasteiger partial charge in [0.15, 0.2) is 5.76 Å². The fourth-order valence-electron chi connectivity index (χ4n) is 1.86. The molecule has 0 aliphatic carbocycles. The highest BCUT2D eigenvalue weighted by atomic mass is 16.6. The van der Waals surface area contributed by atoms with Crippen LogP contribution in [0.2, 0.25) is 0 Å². The van der Waals surface area contributed by atoms with Crippen molar-refractivity contribution in [1.29, 1.82) is 0 Å². The number of nitrogens with zero attached hydrogens (tertiary/aromatic N) is 2. The maximum absolute atomic E-state index is 12.2. The highest BCUT2D eigenvalue weighted by Crippen LogP contribution is 2.22. The van der Waals surface area contributed by atoms with Crippen LogP contribution >= 0.6 is 0 Å². The molecule has 0 aliphatic heterocycles. The second-order valence-electron chi connectivity index (χ2n) is 5.15. The minimum absolute atomic E-state index is 0.186. The Morgan fingerprint density at radius 3 is 2.81 bits per heavy atom. The molecular formula is C15H21N3O3. The molecule has 2 aromatic rings. The maximum atomic E-state index is 12.2. The molecule has 0 radical (unpaired) electrons. The SMILES string of the molecule is CCOc1ccc(C(=O)Nc2ccnn2[C@@H](C)C(C)C)o1. The molecule has 0 aliphatic rings. The van der Waals surface area contributed by atoms with E-state index in [1.165, 1.54) is 0 Å². The van der Waals surface area contributed by atoms with Crippen LogP contribution in [0.3, 0.4) is 0 Å². The lowest BCUT2D eigenvalue weighted by Gasteiger charge is -2.19. The lowest BCUT2D eigenvalue weighted by Crippen LogP contribution is -2.19. The Labute approximate surface area is 124 Å². The van der Waals surface area contributed by atoms with Gasteiger partial charge in [0.05, 0.1) is 18.8 Å². The van der Waals surface area contributed by atoms with Gasteiger partial charge in [0, 0.05) is 12.1 Å². The van der Waals surface area contributed by atoms with Crippen LogP contribution in [0.25, 0.3) is 0 Å². The van der Waals surface area contributed by atoms with Gasteiger partial charge in [-0.05, 0) is 25.8 Å². The average Bonchev–Trinajstić information content (AvgIpc) is 3.07. The number of carbonyl (C=O) groups is 1. The standard InChI is InChI=1S/C15H21N3O3/c1-5-20-14-7-6-12(21-14)15(19)17-13-8-9-16-18(13)11(4)10(2)3/h6-11H,5H2,1-4H3,(H,17,19)/t11-/m0/s1. The summed E-state index contributed by atoms with van der Waals surface area (Å²) in [5.74, 6) is 1.29. The molecular weight excluding hydrogens is 270 g/mol. The molecule has 6 heteroatoms. The molecule has 0 saturated heterocycles. The molecule has 0 spiro atoms. The van der Waals surface area contributed by atoms with Gasteiger partial charge in [-0.2, -0.15) is 5.10 Å². The van der Waals surface area contributed by atoms with E-state index in [0.717, 1.165) is 0 Å². The normalized spacial score (nSPS) is 12.4.